The summed E-state index contributed by atoms with van der Waals surface area (Å²) in [7, 11) is 0. The zero-order valence-electron chi connectivity index (χ0n) is 10.0. The van der Waals surface area contributed by atoms with E-state index in [1.165, 1.54) is 11.0 Å². The number of carbonyl (C=O) groups is 1. The fraction of sp³-hybridized carbons (Fsp3) is 0.417. The topological polar surface area (TPSA) is 29.5 Å². The molecule has 0 unspecified atom stereocenters. The highest BCUT2D eigenvalue weighted by molar-refractivity contribution is 5.89. The van der Waals surface area contributed by atoms with Crippen LogP contribution in [-0.2, 0) is 4.74 Å². The van der Waals surface area contributed by atoms with E-state index in [9.17, 15) is 13.6 Å². The second-order valence-electron chi connectivity index (χ2n) is 3.40. The van der Waals surface area contributed by atoms with E-state index in [0.29, 0.717) is 12.2 Å². The third-order valence-electron chi connectivity index (χ3n) is 2.18. The normalized spacial score (nSPS) is 18.5. The van der Waals surface area contributed by atoms with Crippen LogP contribution in [0.4, 0.5) is 19.3 Å². The quantitative estimate of drug-likeness (QED) is 0.757. The van der Waals surface area contributed by atoms with Crippen LogP contribution in [0.3, 0.4) is 0 Å². The highest BCUT2D eigenvalue weighted by Crippen LogP contribution is 2.23. The third-order valence-corrected chi connectivity index (χ3v) is 2.18. The summed E-state index contributed by atoms with van der Waals surface area (Å²) in [5.74, 6) is -1.90. The monoisotopic (exact) mass is 243 g/mol. The van der Waals surface area contributed by atoms with Gasteiger partial charge in [0.25, 0.3) is 0 Å². The number of hydrogen-bond acceptors (Lipinski definition) is 2. The van der Waals surface area contributed by atoms with Gasteiger partial charge in [0.2, 0.25) is 0 Å². The molecule has 1 amide bonds. The van der Waals surface area contributed by atoms with E-state index >= 15 is 0 Å². The van der Waals surface area contributed by atoms with E-state index < -0.39 is 17.7 Å². The van der Waals surface area contributed by atoms with E-state index in [0.717, 1.165) is 12.1 Å². The van der Waals surface area contributed by atoms with Crippen LogP contribution in [0.1, 0.15) is 20.8 Å². The van der Waals surface area contributed by atoms with Crippen LogP contribution < -0.4 is 4.90 Å². The Morgan fingerprint density at radius 2 is 1.94 bits per heavy atom. The van der Waals surface area contributed by atoms with Gasteiger partial charge < -0.3 is 4.74 Å². The maximum Gasteiger partial charge on any atom is 0.414 e. The lowest BCUT2D eigenvalue weighted by atomic mass is 10.2. The SMILES string of the molecule is CC.C[C@H]1CN(c2ccc(F)c(F)c2)C(=O)O1. The molecule has 1 aromatic carbocycles. The van der Waals surface area contributed by atoms with Crippen LogP contribution in [0.15, 0.2) is 18.2 Å². The van der Waals surface area contributed by atoms with Gasteiger partial charge >= 0.3 is 6.09 Å². The van der Waals surface area contributed by atoms with Crippen molar-refractivity contribution in [3.05, 3.63) is 29.8 Å². The molecule has 5 heteroatoms. The standard InChI is InChI=1S/C10H9F2NO2.C2H6/c1-6-5-13(10(14)15-6)7-2-3-8(11)9(12)4-7;1-2/h2-4,6H,5H2,1H3;1-2H3/t6-;/m0./s1. The summed E-state index contributed by atoms with van der Waals surface area (Å²) < 4.78 is 30.4. The van der Waals surface area contributed by atoms with Gasteiger partial charge in [-0.15, -0.1) is 0 Å². The molecule has 1 aromatic rings. The number of halogens is 2. The molecule has 1 aliphatic rings. The molecule has 0 aliphatic carbocycles. The van der Waals surface area contributed by atoms with Crippen molar-refractivity contribution >= 4 is 11.8 Å². The van der Waals surface area contributed by atoms with E-state index in [4.69, 9.17) is 4.74 Å². The Balaban J connectivity index is 0.000000686. The summed E-state index contributed by atoms with van der Waals surface area (Å²) in [6.07, 6.45) is -0.765. The van der Waals surface area contributed by atoms with Crippen LogP contribution in [0.25, 0.3) is 0 Å². The average molecular weight is 243 g/mol. The number of rotatable bonds is 1. The van der Waals surface area contributed by atoms with Crippen LogP contribution in [0, 0.1) is 11.6 Å². The van der Waals surface area contributed by atoms with E-state index in [2.05, 4.69) is 0 Å². The molecule has 0 radical (unpaired) electrons. The Hall–Kier alpha value is -1.65. The van der Waals surface area contributed by atoms with Crippen LogP contribution in [-0.4, -0.2) is 18.7 Å². The predicted molar refractivity (Wildman–Crippen MR) is 61.0 cm³/mol. The van der Waals surface area contributed by atoms with Gasteiger partial charge in [-0.1, -0.05) is 13.8 Å². The molecular formula is C12H15F2NO2. The first kappa shape index (κ1) is 13.4. The van der Waals surface area contributed by atoms with Crippen molar-refractivity contribution in [1.82, 2.24) is 0 Å². The predicted octanol–water partition coefficient (Wildman–Crippen LogP) is 3.34. The van der Waals surface area contributed by atoms with Crippen LogP contribution in [0.5, 0.6) is 0 Å². The minimum atomic E-state index is -0.972. The van der Waals surface area contributed by atoms with E-state index in [1.807, 2.05) is 13.8 Å². The average Bonchev–Trinajstić information content (AvgIpc) is 2.65. The van der Waals surface area contributed by atoms with Gasteiger partial charge in [0, 0.05) is 6.07 Å². The highest BCUT2D eigenvalue weighted by atomic mass is 19.2. The molecule has 0 saturated carbocycles. The number of benzene rings is 1. The molecule has 0 aromatic heterocycles. The summed E-state index contributed by atoms with van der Waals surface area (Å²) >= 11 is 0. The zero-order chi connectivity index (χ0) is 13.0. The number of anilines is 1. The smallest absolute Gasteiger partial charge is 0.414 e. The van der Waals surface area contributed by atoms with Crippen molar-refractivity contribution in [2.75, 3.05) is 11.4 Å². The fourth-order valence-corrected chi connectivity index (χ4v) is 1.47. The van der Waals surface area contributed by atoms with Gasteiger partial charge in [-0.25, -0.2) is 13.6 Å². The molecule has 1 aliphatic heterocycles. The summed E-state index contributed by atoms with van der Waals surface area (Å²) in [5, 5.41) is 0. The molecule has 1 heterocycles. The van der Waals surface area contributed by atoms with E-state index in [1.54, 1.807) is 6.92 Å². The molecule has 3 nitrogen and oxygen atoms in total. The lowest BCUT2D eigenvalue weighted by Gasteiger charge is -2.12. The minimum absolute atomic E-state index is 0.231. The summed E-state index contributed by atoms with van der Waals surface area (Å²) in [6.45, 7) is 6.09. The summed E-state index contributed by atoms with van der Waals surface area (Å²) in [5.41, 5.74) is 0.309. The number of amides is 1. The lowest BCUT2D eigenvalue weighted by molar-refractivity contribution is 0.150. The van der Waals surface area contributed by atoms with Crippen molar-refractivity contribution < 1.29 is 18.3 Å². The maximum absolute atomic E-state index is 12.9. The third kappa shape index (κ3) is 2.93. The van der Waals surface area contributed by atoms with Gasteiger partial charge in [-0.05, 0) is 19.1 Å². The molecule has 1 atom stereocenters. The Morgan fingerprint density at radius 1 is 1.29 bits per heavy atom. The van der Waals surface area contributed by atoms with Crippen molar-refractivity contribution in [2.45, 2.75) is 26.9 Å². The Labute approximate surface area is 99.0 Å². The molecule has 94 valence electrons. The Morgan fingerprint density at radius 3 is 2.41 bits per heavy atom. The maximum atomic E-state index is 12.9. The minimum Gasteiger partial charge on any atom is -0.444 e. The largest absolute Gasteiger partial charge is 0.444 e. The molecule has 17 heavy (non-hydrogen) atoms. The second kappa shape index (κ2) is 5.61. The number of cyclic esters (lactones) is 1. The highest BCUT2D eigenvalue weighted by Gasteiger charge is 2.29. The van der Waals surface area contributed by atoms with Crippen LogP contribution >= 0.6 is 0 Å². The van der Waals surface area contributed by atoms with Crippen molar-refractivity contribution in [2.24, 2.45) is 0 Å². The fourth-order valence-electron chi connectivity index (χ4n) is 1.47. The first-order valence-corrected chi connectivity index (χ1v) is 5.51. The number of ether oxygens (including phenoxy) is 1. The summed E-state index contributed by atoms with van der Waals surface area (Å²) in [6, 6.07) is 3.31. The molecular weight excluding hydrogens is 228 g/mol. The van der Waals surface area contributed by atoms with Gasteiger partial charge in [-0.2, -0.15) is 0 Å². The van der Waals surface area contributed by atoms with Gasteiger partial charge in [0.1, 0.15) is 6.10 Å². The number of hydrogen-bond donors (Lipinski definition) is 0. The van der Waals surface area contributed by atoms with Gasteiger partial charge in [0.05, 0.1) is 12.2 Å². The molecule has 1 fully saturated rings. The Kier molecular flexibility index (Phi) is 4.43. The molecule has 2 rings (SSSR count). The van der Waals surface area contributed by atoms with Gasteiger partial charge in [0.15, 0.2) is 11.6 Å². The lowest BCUT2D eigenvalue weighted by Crippen LogP contribution is -2.24. The summed E-state index contributed by atoms with van der Waals surface area (Å²) in [4.78, 5) is 12.5. The number of carbonyl (C=O) groups excluding carboxylic acids is 1. The molecule has 0 bridgehead atoms. The first-order valence-electron chi connectivity index (χ1n) is 5.51. The van der Waals surface area contributed by atoms with Crippen molar-refractivity contribution in [3.63, 3.8) is 0 Å². The first-order chi connectivity index (χ1) is 8.08. The molecule has 0 spiro atoms. The number of nitrogens with zero attached hydrogens (tertiary/aromatic N) is 1. The second-order valence-corrected chi connectivity index (χ2v) is 3.40. The van der Waals surface area contributed by atoms with Crippen molar-refractivity contribution in [3.8, 4) is 0 Å². The van der Waals surface area contributed by atoms with E-state index in [-0.39, 0.29) is 6.10 Å². The van der Waals surface area contributed by atoms with Crippen molar-refractivity contribution in [1.29, 1.82) is 0 Å². The molecule has 1 saturated heterocycles. The Bertz CT molecular complexity index is 409. The molecule has 0 N–H and O–H groups in total. The van der Waals surface area contributed by atoms with Crippen LogP contribution in [0.2, 0.25) is 0 Å². The zero-order valence-corrected chi connectivity index (χ0v) is 10.0. The van der Waals surface area contributed by atoms with Gasteiger partial charge in [-0.3, -0.25) is 4.90 Å².